The molecule has 0 bridgehead atoms. The number of carbonyl (C=O) groups is 1. The molecule has 6 nitrogen and oxygen atoms in total. The Kier molecular flexibility index (Phi) is 4.65. The Hall–Kier alpha value is -1.99. The lowest BCUT2D eigenvalue weighted by Gasteiger charge is -2.21. The lowest BCUT2D eigenvalue weighted by atomic mass is 10.0. The van der Waals surface area contributed by atoms with E-state index >= 15 is 0 Å². The van der Waals surface area contributed by atoms with E-state index in [-0.39, 0.29) is 11.9 Å². The highest BCUT2D eigenvalue weighted by atomic mass is 32.1. The summed E-state index contributed by atoms with van der Waals surface area (Å²) in [6.07, 6.45) is 3.08. The van der Waals surface area contributed by atoms with E-state index in [0.29, 0.717) is 11.0 Å². The van der Waals surface area contributed by atoms with E-state index in [2.05, 4.69) is 20.0 Å². The summed E-state index contributed by atoms with van der Waals surface area (Å²) in [5.74, 6) is 1.37. The molecule has 2 aromatic rings. The van der Waals surface area contributed by atoms with Gasteiger partial charge in [0.1, 0.15) is 5.75 Å². The van der Waals surface area contributed by atoms with Gasteiger partial charge in [-0.3, -0.25) is 10.1 Å². The van der Waals surface area contributed by atoms with Gasteiger partial charge >= 0.3 is 0 Å². The maximum absolute atomic E-state index is 12.1. The standard InChI is InChI=1S/C15H18N4O2S/c1-21-11-7-5-10(6-8-11)13-17-15(22-19-13)18-14(20)12-4-2-3-9-16-12/h5-8,12,16H,2-4,9H2,1H3,(H,17,18,19,20). The van der Waals surface area contributed by atoms with Crippen LogP contribution in [0.2, 0.25) is 0 Å². The molecule has 1 aromatic carbocycles. The molecule has 1 aromatic heterocycles. The number of carbonyl (C=O) groups excluding carboxylic acids is 1. The normalized spacial score (nSPS) is 18.0. The number of piperidine rings is 1. The summed E-state index contributed by atoms with van der Waals surface area (Å²) in [6.45, 7) is 0.894. The van der Waals surface area contributed by atoms with Gasteiger partial charge < -0.3 is 10.1 Å². The minimum atomic E-state index is -0.123. The minimum Gasteiger partial charge on any atom is -0.497 e. The number of nitrogens with one attached hydrogen (secondary N) is 2. The quantitative estimate of drug-likeness (QED) is 0.904. The van der Waals surface area contributed by atoms with Crippen molar-refractivity contribution in [2.24, 2.45) is 0 Å². The van der Waals surface area contributed by atoms with E-state index in [4.69, 9.17) is 4.74 Å². The third-order valence-corrected chi connectivity index (χ3v) is 4.26. The smallest absolute Gasteiger partial charge is 0.243 e. The molecular weight excluding hydrogens is 300 g/mol. The van der Waals surface area contributed by atoms with Crippen LogP contribution in [0.15, 0.2) is 24.3 Å². The first kappa shape index (κ1) is 14.9. The van der Waals surface area contributed by atoms with Crippen LogP contribution in [0.5, 0.6) is 5.75 Å². The number of amides is 1. The van der Waals surface area contributed by atoms with Crippen molar-refractivity contribution in [1.82, 2.24) is 14.7 Å². The van der Waals surface area contributed by atoms with Gasteiger partial charge in [-0.1, -0.05) is 6.42 Å². The van der Waals surface area contributed by atoms with Crippen molar-refractivity contribution >= 4 is 22.6 Å². The number of hydrogen-bond donors (Lipinski definition) is 2. The fraction of sp³-hybridized carbons (Fsp3) is 0.400. The molecule has 0 saturated carbocycles. The van der Waals surface area contributed by atoms with Crippen LogP contribution in [-0.2, 0) is 4.79 Å². The number of ether oxygens (including phenoxy) is 1. The molecule has 1 aliphatic rings. The van der Waals surface area contributed by atoms with E-state index in [9.17, 15) is 4.79 Å². The van der Waals surface area contributed by atoms with Gasteiger partial charge in [-0.05, 0) is 43.7 Å². The Labute approximate surface area is 133 Å². The minimum absolute atomic E-state index is 0.0304. The van der Waals surface area contributed by atoms with Gasteiger partial charge in [0.2, 0.25) is 11.0 Å². The first-order valence-corrected chi connectivity index (χ1v) is 8.06. The average molecular weight is 318 g/mol. The Bertz CT molecular complexity index is 635. The molecule has 2 heterocycles. The summed E-state index contributed by atoms with van der Waals surface area (Å²) < 4.78 is 9.42. The molecule has 2 N–H and O–H groups in total. The second kappa shape index (κ2) is 6.85. The second-order valence-electron chi connectivity index (χ2n) is 5.14. The van der Waals surface area contributed by atoms with Crippen molar-refractivity contribution in [3.63, 3.8) is 0 Å². The molecule has 116 valence electrons. The summed E-state index contributed by atoms with van der Waals surface area (Å²) >= 11 is 1.19. The lowest BCUT2D eigenvalue weighted by molar-refractivity contribution is -0.118. The van der Waals surface area contributed by atoms with Gasteiger partial charge in [0, 0.05) is 17.1 Å². The molecule has 0 aliphatic carbocycles. The molecule has 3 rings (SSSR count). The Balaban J connectivity index is 1.66. The van der Waals surface area contributed by atoms with Gasteiger partial charge in [0.25, 0.3) is 0 Å². The number of rotatable bonds is 4. The largest absolute Gasteiger partial charge is 0.497 e. The second-order valence-corrected chi connectivity index (χ2v) is 5.90. The van der Waals surface area contributed by atoms with E-state index in [1.807, 2.05) is 24.3 Å². The number of nitrogens with zero attached hydrogens (tertiary/aromatic N) is 2. The SMILES string of the molecule is COc1ccc(-c2nsc(NC(=O)C3CCCCN3)n2)cc1. The maximum atomic E-state index is 12.1. The van der Waals surface area contributed by atoms with Crippen molar-refractivity contribution in [2.45, 2.75) is 25.3 Å². The number of methoxy groups -OCH3 is 1. The van der Waals surface area contributed by atoms with Crippen LogP contribution >= 0.6 is 11.5 Å². The summed E-state index contributed by atoms with van der Waals surface area (Å²) in [4.78, 5) is 16.5. The van der Waals surface area contributed by atoms with Crippen molar-refractivity contribution < 1.29 is 9.53 Å². The first-order chi connectivity index (χ1) is 10.8. The molecule has 1 amide bonds. The van der Waals surface area contributed by atoms with E-state index in [1.165, 1.54) is 11.5 Å². The van der Waals surface area contributed by atoms with Crippen LogP contribution in [0.4, 0.5) is 5.13 Å². The highest BCUT2D eigenvalue weighted by Crippen LogP contribution is 2.23. The van der Waals surface area contributed by atoms with Crippen molar-refractivity contribution in [1.29, 1.82) is 0 Å². The Morgan fingerprint density at radius 2 is 2.18 bits per heavy atom. The van der Waals surface area contributed by atoms with Crippen LogP contribution in [0.3, 0.4) is 0 Å². The zero-order valence-corrected chi connectivity index (χ0v) is 13.2. The average Bonchev–Trinajstić information content (AvgIpc) is 3.04. The molecule has 1 fully saturated rings. The van der Waals surface area contributed by atoms with Crippen molar-refractivity contribution in [3.8, 4) is 17.1 Å². The van der Waals surface area contributed by atoms with Crippen molar-refractivity contribution in [3.05, 3.63) is 24.3 Å². The number of hydrogen-bond acceptors (Lipinski definition) is 6. The zero-order valence-electron chi connectivity index (χ0n) is 12.3. The molecular formula is C15H18N4O2S. The van der Waals surface area contributed by atoms with E-state index in [0.717, 1.165) is 37.1 Å². The molecule has 1 saturated heterocycles. The van der Waals surface area contributed by atoms with Crippen molar-refractivity contribution in [2.75, 3.05) is 19.0 Å². The highest BCUT2D eigenvalue weighted by molar-refractivity contribution is 7.10. The predicted octanol–water partition coefficient (Wildman–Crippen LogP) is 2.29. The van der Waals surface area contributed by atoms with E-state index < -0.39 is 0 Å². The summed E-state index contributed by atoms with van der Waals surface area (Å²) in [7, 11) is 1.63. The van der Waals surface area contributed by atoms with Gasteiger partial charge in [0.05, 0.1) is 13.2 Å². The van der Waals surface area contributed by atoms with Gasteiger partial charge in [0.15, 0.2) is 5.82 Å². The maximum Gasteiger partial charge on any atom is 0.243 e. The van der Waals surface area contributed by atoms with Crippen LogP contribution in [0.1, 0.15) is 19.3 Å². The van der Waals surface area contributed by atoms with Gasteiger partial charge in [-0.2, -0.15) is 9.36 Å². The molecule has 1 atom stereocenters. The molecule has 1 aliphatic heterocycles. The topological polar surface area (TPSA) is 76.1 Å². The summed E-state index contributed by atoms with van der Waals surface area (Å²) in [6, 6.07) is 7.40. The molecule has 1 unspecified atom stereocenters. The summed E-state index contributed by atoms with van der Waals surface area (Å²) in [5, 5.41) is 6.59. The summed E-state index contributed by atoms with van der Waals surface area (Å²) in [5.41, 5.74) is 0.897. The predicted molar refractivity (Wildman–Crippen MR) is 86.2 cm³/mol. The zero-order chi connectivity index (χ0) is 15.4. The fourth-order valence-corrected chi connectivity index (χ4v) is 2.99. The third kappa shape index (κ3) is 3.42. The van der Waals surface area contributed by atoms with Crippen LogP contribution < -0.4 is 15.4 Å². The molecule has 22 heavy (non-hydrogen) atoms. The monoisotopic (exact) mass is 318 g/mol. The van der Waals surface area contributed by atoms with Gasteiger partial charge in [-0.25, -0.2) is 0 Å². The van der Waals surface area contributed by atoms with Crippen LogP contribution in [0, 0.1) is 0 Å². The molecule has 0 radical (unpaired) electrons. The highest BCUT2D eigenvalue weighted by Gasteiger charge is 2.21. The number of anilines is 1. The number of aromatic nitrogens is 2. The van der Waals surface area contributed by atoms with Gasteiger partial charge in [-0.15, -0.1) is 0 Å². The third-order valence-electron chi connectivity index (χ3n) is 3.63. The van der Waals surface area contributed by atoms with Crippen LogP contribution in [0.25, 0.3) is 11.4 Å². The lowest BCUT2D eigenvalue weighted by Crippen LogP contribution is -2.43. The Morgan fingerprint density at radius 1 is 1.36 bits per heavy atom. The van der Waals surface area contributed by atoms with E-state index in [1.54, 1.807) is 7.11 Å². The fourth-order valence-electron chi connectivity index (χ4n) is 2.40. The Morgan fingerprint density at radius 3 is 2.86 bits per heavy atom. The number of benzene rings is 1. The molecule has 0 spiro atoms. The molecule has 7 heteroatoms. The first-order valence-electron chi connectivity index (χ1n) is 7.28. The van der Waals surface area contributed by atoms with Crippen LogP contribution in [-0.4, -0.2) is 35.0 Å².